The maximum absolute atomic E-state index is 4.21. The number of rotatable bonds is 7. The molecule has 0 saturated carbocycles. The Morgan fingerprint density at radius 2 is 2.28 bits per heavy atom. The van der Waals surface area contributed by atoms with Crippen molar-refractivity contribution in [1.29, 1.82) is 0 Å². The molecule has 0 saturated heterocycles. The average molecular weight is 281 g/mol. The summed E-state index contributed by atoms with van der Waals surface area (Å²) in [4.78, 5) is 2.77. The van der Waals surface area contributed by atoms with Crippen LogP contribution < -0.4 is 5.32 Å². The molecule has 0 radical (unpaired) electrons. The molecule has 2 heterocycles. The van der Waals surface area contributed by atoms with E-state index in [1.54, 1.807) is 0 Å². The molecule has 3 nitrogen and oxygen atoms in total. The summed E-state index contributed by atoms with van der Waals surface area (Å²) in [6.45, 7) is 5.27. The van der Waals surface area contributed by atoms with Gasteiger partial charge < -0.3 is 5.32 Å². The van der Waals surface area contributed by atoms with Crippen LogP contribution in [0.15, 0.2) is 17.5 Å². The number of hydrogen-bond acceptors (Lipinski definition) is 5. The first-order valence-corrected chi connectivity index (χ1v) is 8.07. The number of aryl methyl sites for hydroxylation is 2. The van der Waals surface area contributed by atoms with Gasteiger partial charge >= 0.3 is 0 Å². The van der Waals surface area contributed by atoms with Gasteiger partial charge in [-0.25, -0.2) is 0 Å². The van der Waals surface area contributed by atoms with Gasteiger partial charge in [0.1, 0.15) is 0 Å². The lowest BCUT2D eigenvalue weighted by Crippen LogP contribution is -2.21. The van der Waals surface area contributed by atoms with Crippen LogP contribution in [0.3, 0.4) is 0 Å². The predicted molar refractivity (Wildman–Crippen MR) is 78.3 cm³/mol. The van der Waals surface area contributed by atoms with E-state index in [2.05, 4.69) is 46.3 Å². The third kappa shape index (κ3) is 3.37. The molecule has 1 N–H and O–H groups in total. The number of aromatic nitrogens is 2. The molecule has 0 amide bonds. The van der Waals surface area contributed by atoms with E-state index < -0.39 is 0 Å². The van der Waals surface area contributed by atoms with E-state index in [0.717, 1.165) is 31.5 Å². The van der Waals surface area contributed by atoms with E-state index in [0.29, 0.717) is 6.04 Å². The smallest absolute Gasteiger partial charge is 0.0800 e. The summed E-state index contributed by atoms with van der Waals surface area (Å²) in [7, 11) is 0. The molecule has 0 spiro atoms. The first-order valence-electron chi connectivity index (χ1n) is 6.42. The van der Waals surface area contributed by atoms with E-state index in [1.807, 2.05) is 11.3 Å². The second-order valence-electron chi connectivity index (χ2n) is 4.17. The molecule has 2 aromatic rings. The average Bonchev–Trinajstić information content (AvgIpc) is 3.04. The zero-order valence-electron chi connectivity index (χ0n) is 10.8. The standard InChI is InChI=1S/C13H19N3S2/c1-3-11-13(18-16-15-11)12(14-4-2)8-7-10-6-5-9-17-10/h5-6,9,12,14H,3-4,7-8H2,1-2H3. The van der Waals surface area contributed by atoms with E-state index in [9.17, 15) is 0 Å². The van der Waals surface area contributed by atoms with Crippen LogP contribution in [0.25, 0.3) is 0 Å². The SMILES string of the molecule is CCNC(CCc1cccs1)c1snnc1CC. The maximum Gasteiger partial charge on any atom is 0.0800 e. The molecule has 0 aliphatic heterocycles. The third-order valence-corrected chi connectivity index (χ3v) is 4.76. The fraction of sp³-hybridized carbons (Fsp3) is 0.538. The highest BCUT2D eigenvalue weighted by atomic mass is 32.1. The maximum atomic E-state index is 4.21. The molecule has 2 aromatic heterocycles. The molecule has 0 fully saturated rings. The summed E-state index contributed by atoms with van der Waals surface area (Å²) >= 11 is 3.37. The summed E-state index contributed by atoms with van der Waals surface area (Å²) in [5, 5.41) is 9.91. The molecule has 0 bridgehead atoms. The fourth-order valence-electron chi connectivity index (χ4n) is 2.04. The van der Waals surface area contributed by atoms with E-state index in [-0.39, 0.29) is 0 Å². The van der Waals surface area contributed by atoms with Crippen molar-refractivity contribution in [3.8, 4) is 0 Å². The Hall–Kier alpha value is -0.780. The minimum Gasteiger partial charge on any atom is -0.309 e. The number of nitrogens with one attached hydrogen (secondary N) is 1. The van der Waals surface area contributed by atoms with Crippen molar-refractivity contribution in [2.45, 2.75) is 39.2 Å². The van der Waals surface area contributed by atoms with Crippen molar-refractivity contribution >= 4 is 22.9 Å². The normalized spacial score (nSPS) is 12.8. The van der Waals surface area contributed by atoms with Gasteiger partial charge in [0.25, 0.3) is 0 Å². The molecular formula is C13H19N3S2. The molecule has 0 aliphatic rings. The Kier molecular flexibility index (Phi) is 5.28. The highest BCUT2D eigenvalue weighted by molar-refractivity contribution is 7.09. The predicted octanol–water partition coefficient (Wildman–Crippen LogP) is 3.45. The van der Waals surface area contributed by atoms with Crippen LogP contribution >= 0.6 is 22.9 Å². The van der Waals surface area contributed by atoms with Gasteiger partial charge in [-0.1, -0.05) is 24.4 Å². The molecule has 2 rings (SSSR count). The van der Waals surface area contributed by atoms with E-state index >= 15 is 0 Å². The van der Waals surface area contributed by atoms with Crippen molar-refractivity contribution in [2.24, 2.45) is 0 Å². The highest BCUT2D eigenvalue weighted by Crippen LogP contribution is 2.26. The van der Waals surface area contributed by atoms with E-state index in [1.165, 1.54) is 21.3 Å². The Labute approximate surface area is 116 Å². The van der Waals surface area contributed by atoms with Crippen LogP contribution in [0.4, 0.5) is 0 Å². The minimum absolute atomic E-state index is 0.395. The van der Waals surface area contributed by atoms with Crippen molar-refractivity contribution in [3.63, 3.8) is 0 Å². The molecule has 98 valence electrons. The largest absolute Gasteiger partial charge is 0.309 e. The molecule has 18 heavy (non-hydrogen) atoms. The summed E-state index contributed by atoms with van der Waals surface area (Å²) < 4.78 is 4.10. The fourth-order valence-corrected chi connectivity index (χ4v) is 3.61. The van der Waals surface area contributed by atoms with Crippen molar-refractivity contribution in [1.82, 2.24) is 14.9 Å². The van der Waals surface area contributed by atoms with Gasteiger partial charge in [0.05, 0.1) is 10.6 Å². The van der Waals surface area contributed by atoms with Gasteiger partial charge in [-0.15, -0.1) is 16.4 Å². The van der Waals surface area contributed by atoms with E-state index in [4.69, 9.17) is 0 Å². The molecular weight excluding hydrogens is 262 g/mol. The minimum atomic E-state index is 0.395. The monoisotopic (exact) mass is 281 g/mol. The van der Waals surface area contributed by atoms with Crippen LogP contribution in [0.1, 0.15) is 41.8 Å². The van der Waals surface area contributed by atoms with Gasteiger partial charge in [0.2, 0.25) is 0 Å². The zero-order chi connectivity index (χ0) is 12.8. The molecule has 0 aliphatic carbocycles. The third-order valence-electron chi connectivity index (χ3n) is 2.95. The van der Waals surface area contributed by atoms with Gasteiger partial charge in [-0.3, -0.25) is 0 Å². The Morgan fingerprint density at radius 1 is 1.39 bits per heavy atom. The summed E-state index contributed by atoms with van der Waals surface area (Å²) in [6.07, 6.45) is 3.20. The van der Waals surface area contributed by atoms with Crippen molar-refractivity contribution < 1.29 is 0 Å². The Balaban J connectivity index is 2.03. The van der Waals surface area contributed by atoms with Gasteiger partial charge in [0, 0.05) is 10.9 Å². The highest BCUT2D eigenvalue weighted by Gasteiger charge is 2.17. The van der Waals surface area contributed by atoms with Crippen LogP contribution in [-0.4, -0.2) is 16.1 Å². The summed E-state index contributed by atoms with van der Waals surface area (Å²) in [5.74, 6) is 0. The van der Waals surface area contributed by atoms with Crippen LogP contribution in [0, 0.1) is 0 Å². The number of nitrogens with zero attached hydrogens (tertiary/aromatic N) is 2. The quantitative estimate of drug-likeness (QED) is 0.844. The second kappa shape index (κ2) is 6.97. The summed E-state index contributed by atoms with van der Waals surface area (Å²) in [5.41, 5.74) is 1.15. The van der Waals surface area contributed by atoms with Crippen LogP contribution in [0.2, 0.25) is 0 Å². The molecule has 5 heteroatoms. The summed E-state index contributed by atoms with van der Waals surface area (Å²) in [6, 6.07) is 4.72. The topological polar surface area (TPSA) is 37.8 Å². The number of thiophene rings is 1. The Morgan fingerprint density at radius 3 is 2.94 bits per heavy atom. The Bertz CT molecular complexity index is 451. The van der Waals surface area contributed by atoms with Gasteiger partial charge in [-0.05, 0) is 48.8 Å². The van der Waals surface area contributed by atoms with Crippen LogP contribution in [-0.2, 0) is 12.8 Å². The number of hydrogen-bond donors (Lipinski definition) is 1. The second-order valence-corrected chi connectivity index (χ2v) is 5.98. The molecule has 0 aromatic carbocycles. The first kappa shape index (κ1) is 13.6. The lowest BCUT2D eigenvalue weighted by atomic mass is 10.1. The molecule has 1 unspecified atom stereocenters. The van der Waals surface area contributed by atoms with Crippen molar-refractivity contribution in [2.75, 3.05) is 6.54 Å². The zero-order valence-corrected chi connectivity index (χ0v) is 12.5. The first-order chi connectivity index (χ1) is 8.85. The van der Waals surface area contributed by atoms with Gasteiger partial charge in [-0.2, -0.15) is 0 Å². The molecule has 1 atom stereocenters. The lowest BCUT2D eigenvalue weighted by Gasteiger charge is -2.16. The lowest BCUT2D eigenvalue weighted by molar-refractivity contribution is 0.520. The van der Waals surface area contributed by atoms with Gasteiger partial charge in [0.15, 0.2) is 0 Å². The van der Waals surface area contributed by atoms with Crippen LogP contribution in [0.5, 0.6) is 0 Å². The van der Waals surface area contributed by atoms with Crippen molar-refractivity contribution in [3.05, 3.63) is 33.0 Å².